The molecule has 5 heteroatoms. The number of hydrogen-bond acceptors (Lipinski definition) is 3. The third-order valence-electron chi connectivity index (χ3n) is 4.48. The van der Waals surface area contributed by atoms with Crippen molar-refractivity contribution in [2.45, 2.75) is 12.8 Å². The van der Waals surface area contributed by atoms with Crippen LogP contribution in [0.2, 0.25) is 0 Å². The number of nitrogens with zero attached hydrogens (tertiary/aromatic N) is 3. The third-order valence-corrected chi connectivity index (χ3v) is 4.48. The Morgan fingerprint density at radius 3 is 2.41 bits per heavy atom. The summed E-state index contributed by atoms with van der Waals surface area (Å²) in [6, 6.07) is 24.1. The zero-order chi connectivity index (χ0) is 18.5. The lowest BCUT2D eigenvalue weighted by Crippen LogP contribution is -2.27. The summed E-state index contributed by atoms with van der Waals surface area (Å²) in [4.78, 5) is 12.2. The molecular weight excluding hydrogens is 336 g/mol. The fourth-order valence-corrected chi connectivity index (χ4v) is 3.07. The normalized spacial score (nSPS) is 10.8. The molecule has 0 spiro atoms. The van der Waals surface area contributed by atoms with Crippen LogP contribution in [0.5, 0.6) is 0 Å². The van der Waals surface area contributed by atoms with Crippen molar-refractivity contribution in [2.75, 3.05) is 6.54 Å². The Hall–Kier alpha value is -3.47. The maximum absolute atomic E-state index is 12.2. The summed E-state index contributed by atoms with van der Waals surface area (Å²) >= 11 is 0. The first kappa shape index (κ1) is 17.0. The van der Waals surface area contributed by atoms with E-state index in [4.69, 9.17) is 0 Å². The van der Waals surface area contributed by atoms with Crippen LogP contribution in [-0.4, -0.2) is 27.0 Å². The van der Waals surface area contributed by atoms with Crippen molar-refractivity contribution in [1.82, 2.24) is 19.9 Å². The number of amides is 1. The Morgan fingerprint density at radius 1 is 0.852 bits per heavy atom. The highest BCUT2D eigenvalue weighted by molar-refractivity contribution is 5.78. The number of benzene rings is 2. The zero-order valence-electron chi connectivity index (χ0n) is 14.9. The number of hydrogen-bond donors (Lipinski definition) is 1. The molecule has 2 aromatic carbocycles. The smallest absolute Gasteiger partial charge is 0.224 e. The van der Waals surface area contributed by atoms with Gasteiger partial charge in [-0.1, -0.05) is 60.7 Å². The van der Waals surface area contributed by atoms with Gasteiger partial charge in [0.2, 0.25) is 5.91 Å². The number of rotatable bonds is 6. The Bertz CT molecular complexity index is 1040. The van der Waals surface area contributed by atoms with E-state index in [1.54, 1.807) is 0 Å². The number of carbonyl (C=O) groups is 1. The lowest BCUT2D eigenvalue weighted by molar-refractivity contribution is -0.120. The van der Waals surface area contributed by atoms with E-state index < -0.39 is 0 Å². The van der Waals surface area contributed by atoms with Gasteiger partial charge in [-0.05, 0) is 28.8 Å². The Kier molecular flexibility index (Phi) is 4.92. The van der Waals surface area contributed by atoms with Gasteiger partial charge in [0.25, 0.3) is 0 Å². The van der Waals surface area contributed by atoms with E-state index in [2.05, 4.69) is 39.8 Å². The molecule has 0 atom stereocenters. The molecule has 134 valence electrons. The highest BCUT2D eigenvalue weighted by Crippen LogP contribution is 2.19. The molecule has 1 N–H and O–H groups in total. The Balaban J connectivity index is 1.30. The molecule has 5 nitrogen and oxygen atoms in total. The summed E-state index contributed by atoms with van der Waals surface area (Å²) in [7, 11) is 0. The van der Waals surface area contributed by atoms with Gasteiger partial charge in [0.15, 0.2) is 5.65 Å². The molecule has 0 aliphatic rings. The second-order valence-electron chi connectivity index (χ2n) is 6.38. The van der Waals surface area contributed by atoms with Gasteiger partial charge in [-0.3, -0.25) is 9.20 Å². The average Bonchev–Trinajstić information content (AvgIpc) is 3.12. The molecule has 4 rings (SSSR count). The molecule has 0 unspecified atom stereocenters. The maximum Gasteiger partial charge on any atom is 0.224 e. The van der Waals surface area contributed by atoms with Crippen molar-refractivity contribution < 1.29 is 4.79 Å². The number of nitrogens with one attached hydrogen (secondary N) is 1. The van der Waals surface area contributed by atoms with Crippen LogP contribution in [0, 0.1) is 0 Å². The fraction of sp³-hybridized carbons (Fsp3) is 0.136. The molecule has 0 radical (unpaired) electrons. The quantitative estimate of drug-likeness (QED) is 0.577. The van der Waals surface area contributed by atoms with Crippen molar-refractivity contribution in [3.63, 3.8) is 0 Å². The molecule has 2 heterocycles. The summed E-state index contributed by atoms with van der Waals surface area (Å²) in [5.41, 5.74) is 4.14. The van der Waals surface area contributed by atoms with Crippen molar-refractivity contribution in [1.29, 1.82) is 0 Å². The second-order valence-corrected chi connectivity index (χ2v) is 6.38. The molecule has 0 saturated heterocycles. The van der Waals surface area contributed by atoms with Crippen molar-refractivity contribution in [2.24, 2.45) is 0 Å². The summed E-state index contributed by atoms with van der Waals surface area (Å²) in [5, 5.41) is 11.3. The average molecular weight is 356 g/mol. The van der Waals surface area contributed by atoms with Crippen LogP contribution in [0.1, 0.15) is 11.4 Å². The molecule has 0 saturated carbocycles. The van der Waals surface area contributed by atoms with Crippen LogP contribution >= 0.6 is 0 Å². The van der Waals surface area contributed by atoms with E-state index >= 15 is 0 Å². The summed E-state index contributed by atoms with van der Waals surface area (Å²) in [6.07, 6.45) is 2.94. The molecule has 0 bridgehead atoms. The van der Waals surface area contributed by atoms with E-state index in [-0.39, 0.29) is 5.91 Å². The predicted molar refractivity (Wildman–Crippen MR) is 105 cm³/mol. The van der Waals surface area contributed by atoms with Gasteiger partial charge in [0.05, 0.1) is 6.42 Å². The van der Waals surface area contributed by atoms with Crippen LogP contribution in [0.3, 0.4) is 0 Å². The van der Waals surface area contributed by atoms with Gasteiger partial charge in [-0.15, -0.1) is 10.2 Å². The first-order chi connectivity index (χ1) is 13.3. The molecular formula is C22H20N4O. The van der Waals surface area contributed by atoms with E-state index in [1.165, 1.54) is 5.56 Å². The van der Waals surface area contributed by atoms with Crippen LogP contribution < -0.4 is 5.32 Å². The SMILES string of the molecule is O=C(Cc1ccc(-c2ccccc2)cc1)NCCc1nnc2ccccn12. The van der Waals surface area contributed by atoms with Gasteiger partial charge < -0.3 is 5.32 Å². The van der Waals surface area contributed by atoms with Crippen molar-refractivity contribution in [3.05, 3.63) is 90.4 Å². The highest BCUT2D eigenvalue weighted by Gasteiger charge is 2.07. The van der Waals surface area contributed by atoms with Crippen LogP contribution in [-0.2, 0) is 17.6 Å². The monoisotopic (exact) mass is 356 g/mol. The Morgan fingerprint density at radius 2 is 1.59 bits per heavy atom. The molecule has 0 fully saturated rings. The number of fused-ring (bicyclic) bond motifs is 1. The van der Waals surface area contributed by atoms with Gasteiger partial charge >= 0.3 is 0 Å². The molecule has 0 aliphatic heterocycles. The largest absolute Gasteiger partial charge is 0.355 e. The Labute approximate surface area is 157 Å². The highest BCUT2D eigenvalue weighted by atomic mass is 16.1. The molecule has 4 aromatic rings. The number of carbonyl (C=O) groups excluding carboxylic acids is 1. The van der Waals surface area contributed by atoms with Crippen molar-refractivity contribution in [3.8, 4) is 11.1 Å². The zero-order valence-corrected chi connectivity index (χ0v) is 14.9. The second kappa shape index (κ2) is 7.83. The summed E-state index contributed by atoms with van der Waals surface area (Å²) < 4.78 is 1.94. The molecule has 2 aromatic heterocycles. The minimum Gasteiger partial charge on any atom is -0.355 e. The first-order valence-corrected chi connectivity index (χ1v) is 8.99. The number of aromatic nitrogens is 3. The van der Waals surface area contributed by atoms with E-state index in [0.29, 0.717) is 19.4 Å². The van der Waals surface area contributed by atoms with Crippen LogP contribution in [0.25, 0.3) is 16.8 Å². The standard InChI is InChI=1S/C22H20N4O/c27-22(23-14-13-21-25-24-20-8-4-5-15-26(20)21)16-17-9-11-19(12-10-17)18-6-2-1-3-7-18/h1-12,15H,13-14,16H2,(H,23,27). The van der Waals surface area contributed by atoms with Gasteiger partial charge in [0.1, 0.15) is 5.82 Å². The van der Waals surface area contributed by atoms with Gasteiger partial charge in [0, 0.05) is 19.2 Å². The van der Waals surface area contributed by atoms with E-state index in [1.807, 2.05) is 59.1 Å². The maximum atomic E-state index is 12.2. The first-order valence-electron chi connectivity index (χ1n) is 8.99. The summed E-state index contributed by atoms with van der Waals surface area (Å²) in [6.45, 7) is 0.538. The lowest BCUT2D eigenvalue weighted by Gasteiger charge is -2.06. The summed E-state index contributed by atoms with van der Waals surface area (Å²) in [5.74, 6) is 0.856. The van der Waals surface area contributed by atoms with Gasteiger partial charge in [-0.2, -0.15) is 0 Å². The lowest BCUT2D eigenvalue weighted by atomic mass is 10.0. The van der Waals surface area contributed by atoms with E-state index in [9.17, 15) is 4.79 Å². The van der Waals surface area contributed by atoms with E-state index in [0.717, 1.165) is 22.6 Å². The van der Waals surface area contributed by atoms with Gasteiger partial charge in [-0.25, -0.2) is 0 Å². The molecule has 27 heavy (non-hydrogen) atoms. The molecule has 1 amide bonds. The topological polar surface area (TPSA) is 59.3 Å². The number of pyridine rings is 1. The predicted octanol–water partition coefficient (Wildman–Crippen LogP) is 3.30. The molecule has 0 aliphatic carbocycles. The third kappa shape index (κ3) is 4.03. The van der Waals surface area contributed by atoms with Crippen molar-refractivity contribution >= 4 is 11.6 Å². The minimum absolute atomic E-state index is 0.0104. The minimum atomic E-state index is 0.0104. The van der Waals surface area contributed by atoms with Crippen LogP contribution in [0.4, 0.5) is 0 Å². The fourth-order valence-electron chi connectivity index (χ4n) is 3.07. The van der Waals surface area contributed by atoms with Crippen LogP contribution in [0.15, 0.2) is 79.0 Å².